The van der Waals surface area contributed by atoms with Gasteiger partial charge in [-0.1, -0.05) is 11.5 Å². The molecule has 0 radical (unpaired) electrons. The fraction of sp³-hybridized carbons (Fsp3) is 0.897. The molecule has 0 rings (SSSR count). The molecule has 14 heteroatoms. The molecule has 0 unspecified atom stereocenters. The Hall–Kier alpha value is -1.91. The Morgan fingerprint density at radius 3 is 1.40 bits per heavy atom. The molecule has 0 saturated carbocycles. The van der Waals surface area contributed by atoms with E-state index < -0.39 is 29.4 Å². The van der Waals surface area contributed by atoms with E-state index in [4.69, 9.17) is 49.5 Å². The molecule has 43 heavy (non-hydrogen) atoms. The van der Waals surface area contributed by atoms with Gasteiger partial charge in [0.05, 0.1) is 72.1 Å². The number of unbranched alkanes of at least 4 members (excludes halogenated alkanes) is 1. The minimum Gasteiger partial charge on any atom is -0.442 e. The van der Waals surface area contributed by atoms with Crippen LogP contribution in [0.5, 0.6) is 0 Å². The Balaban J connectivity index is 3.69. The highest BCUT2D eigenvalue weighted by atomic mass is 16.8. The molecule has 2 amide bonds. The second-order valence-corrected chi connectivity index (χ2v) is 11.6. The molecule has 14 nitrogen and oxygen atoms in total. The molecule has 0 aliphatic rings. The van der Waals surface area contributed by atoms with Crippen LogP contribution in [0, 0.1) is 0 Å². The van der Waals surface area contributed by atoms with Gasteiger partial charge in [0.1, 0.15) is 17.0 Å². The van der Waals surface area contributed by atoms with Crippen LogP contribution in [0.4, 0.5) is 9.59 Å². The Bertz CT molecular complexity index is 714. The number of Topliss-reactive ketones (excluding diaryl/α,β-unsaturated/α-hetero) is 1. The zero-order valence-electron chi connectivity index (χ0n) is 27.2. The maximum Gasteiger partial charge on any atom is 0.444 e. The minimum absolute atomic E-state index is 0.0699. The van der Waals surface area contributed by atoms with E-state index in [0.29, 0.717) is 90.3 Å². The Morgan fingerprint density at radius 2 is 1.00 bits per heavy atom. The van der Waals surface area contributed by atoms with E-state index in [-0.39, 0.29) is 19.0 Å². The number of imide groups is 1. The molecule has 4 N–H and O–H groups in total. The van der Waals surface area contributed by atoms with Crippen molar-refractivity contribution in [3.8, 4) is 0 Å². The van der Waals surface area contributed by atoms with Gasteiger partial charge in [-0.15, -0.1) is 0 Å². The first-order valence-electron chi connectivity index (χ1n) is 15.0. The van der Waals surface area contributed by atoms with Crippen molar-refractivity contribution in [3.05, 3.63) is 0 Å². The number of carbonyl (C=O) groups is 3. The van der Waals surface area contributed by atoms with Crippen molar-refractivity contribution in [1.29, 1.82) is 0 Å². The monoisotopic (exact) mass is 623 g/mol. The topological polar surface area (TPSA) is 180 Å². The average Bonchev–Trinajstić information content (AvgIpc) is 2.89. The Kier molecular flexibility index (Phi) is 23.3. The lowest BCUT2D eigenvalue weighted by atomic mass is 10.0. The number of hydrogen-bond donors (Lipinski definition) is 2. The smallest absolute Gasteiger partial charge is 0.442 e. The summed E-state index contributed by atoms with van der Waals surface area (Å²) in [5, 5.41) is 0.458. The van der Waals surface area contributed by atoms with Crippen LogP contribution in [0.15, 0.2) is 0 Å². The molecule has 0 aromatic rings. The molecule has 0 heterocycles. The summed E-state index contributed by atoms with van der Waals surface area (Å²) >= 11 is 0. The third kappa shape index (κ3) is 26.2. The van der Waals surface area contributed by atoms with Gasteiger partial charge >= 0.3 is 12.2 Å². The van der Waals surface area contributed by atoms with Crippen LogP contribution in [0.2, 0.25) is 0 Å². The summed E-state index contributed by atoms with van der Waals surface area (Å²) < 4.78 is 37.6. The van der Waals surface area contributed by atoms with Gasteiger partial charge in [-0.05, 0) is 67.3 Å². The highest BCUT2D eigenvalue weighted by Crippen LogP contribution is 2.15. The number of amides is 2. The summed E-state index contributed by atoms with van der Waals surface area (Å²) in [6.45, 7) is 14.4. The van der Waals surface area contributed by atoms with Gasteiger partial charge in [-0.3, -0.25) is 9.63 Å². The predicted octanol–water partition coefficient (Wildman–Crippen LogP) is 2.98. The van der Waals surface area contributed by atoms with Crippen LogP contribution >= 0.6 is 0 Å². The number of hydrogen-bond acceptors (Lipinski definition) is 13. The highest BCUT2D eigenvalue weighted by Gasteiger charge is 2.32. The Morgan fingerprint density at radius 1 is 0.605 bits per heavy atom. The molecule has 0 aromatic carbocycles. The van der Waals surface area contributed by atoms with E-state index in [1.54, 1.807) is 41.5 Å². The molecule has 0 aliphatic carbocycles. The van der Waals surface area contributed by atoms with Crippen molar-refractivity contribution in [2.45, 2.75) is 90.9 Å². The van der Waals surface area contributed by atoms with Gasteiger partial charge < -0.3 is 44.6 Å². The van der Waals surface area contributed by atoms with Crippen molar-refractivity contribution >= 4 is 18.0 Å². The van der Waals surface area contributed by atoms with Crippen molar-refractivity contribution in [3.63, 3.8) is 0 Å². The molecule has 0 spiro atoms. The first-order chi connectivity index (χ1) is 20.3. The first-order valence-corrected chi connectivity index (χ1v) is 15.0. The molecular weight excluding hydrogens is 566 g/mol. The van der Waals surface area contributed by atoms with E-state index in [2.05, 4.69) is 0 Å². The zero-order chi connectivity index (χ0) is 32.6. The van der Waals surface area contributed by atoms with Crippen LogP contribution < -0.4 is 11.5 Å². The molecule has 0 bridgehead atoms. The van der Waals surface area contributed by atoms with E-state index in [9.17, 15) is 14.4 Å². The van der Waals surface area contributed by atoms with Gasteiger partial charge in [0, 0.05) is 13.0 Å². The summed E-state index contributed by atoms with van der Waals surface area (Å²) in [5.41, 5.74) is 9.70. The lowest BCUT2D eigenvalue weighted by Gasteiger charge is -2.27. The molecule has 0 fully saturated rings. The van der Waals surface area contributed by atoms with Gasteiger partial charge in [0.15, 0.2) is 0 Å². The fourth-order valence-electron chi connectivity index (χ4n) is 3.16. The van der Waals surface area contributed by atoms with Crippen molar-refractivity contribution in [1.82, 2.24) is 5.06 Å². The third-order valence-electron chi connectivity index (χ3n) is 5.15. The summed E-state index contributed by atoms with van der Waals surface area (Å²) in [4.78, 5) is 41.9. The fourth-order valence-corrected chi connectivity index (χ4v) is 3.16. The lowest BCUT2D eigenvalue weighted by molar-refractivity contribution is -0.148. The van der Waals surface area contributed by atoms with Gasteiger partial charge in [-0.2, -0.15) is 0 Å². The van der Waals surface area contributed by atoms with Gasteiger partial charge in [0.2, 0.25) is 0 Å². The highest BCUT2D eigenvalue weighted by molar-refractivity contribution is 5.86. The number of rotatable bonds is 25. The quantitative estimate of drug-likeness (QED) is 0.112. The lowest BCUT2D eigenvalue weighted by Crippen LogP contribution is -2.44. The van der Waals surface area contributed by atoms with E-state index in [1.807, 2.05) is 0 Å². The van der Waals surface area contributed by atoms with Crippen LogP contribution in [-0.4, -0.2) is 119 Å². The number of ether oxygens (including phenoxy) is 7. The van der Waals surface area contributed by atoms with Gasteiger partial charge in [0.25, 0.3) is 0 Å². The van der Waals surface area contributed by atoms with Crippen LogP contribution in [0.3, 0.4) is 0 Å². The van der Waals surface area contributed by atoms with Crippen molar-refractivity contribution in [2.24, 2.45) is 11.5 Å². The average molecular weight is 624 g/mol. The minimum atomic E-state index is -0.972. The van der Waals surface area contributed by atoms with Crippen LogP contribution in [0.25, 0.3) is 0 Å². The third-order valence-corrected chi connectivity index (χ3v) is 5.15. The summed E-state index contributed by atoms with van der Waals surface area (Å²) in [6.07, 6.45) is 1.57. The number of nitrogens with two attached hydrogens (primary N) is 2. The number of carbonyl (C=O) groups excluding carboxylic acids is 3. The number of ketones is 1. The molecule has 0 saturated heterocycles. The number of nitrogens with zero attached hydrogens (tertiary/aromatic N) is 1. The first kappa shape index (κ1) is 41.1. The van der Waals surface area contributed by atoms with Crippen LogP contribution in [-0.2, 0) is 42.8 Å². The molecule has 1 atom stereocenters. The molecule has 0 aromatic heterocycles. The van der Waals surface area contributed by atoms with Gasteiger partial charge in [-0.25, -0.2) is 9.59 Å². The van der Waals surface area contributed by atoms with Crippen LogP contribution in [0.1, 0.15) is 73.6 Å². The second-order valence-electron chi connectivity index (χ2n) is 11.6. The zero-order valence-corrected chi connectivity index (χ0v) is 27.2. The predicted molar refractivity (Wildman–Crippen MR) is 159 cm³/mol. The van der Waals surface area contributed by atoms with E-state index >= 15 is 0 Å². The van der Waals surface area contributed by atoms with Crippen molar-refractivity contribution < 1.29 is 52.4 Å². The normalized spacial score (nSPS) is 12.7. The molecule has 254 valence electrons. The van der Waals surface area contributed by atoms with Crippen molar-refractivity contribution in [2.75, 3.05) is 79.2 Å². The standard InChI is InChI=1S/C29H57N3O11/c1-28(2,3)42-26(34)32(27(35)43-29(4,5)6)41-23-22-40-21-20-39-19-18-38-17-16-37-15-14-36-13-9-11-25(33)24(31)10-7-8-12-30/h24H,7-23,30-31H2,1-6H3/t24-/m0/s1. The Labute approximate surface area is 257 Å². The molecular formula is C29H57N3O11. The van der Waals surface area contributed by atoms with E-state index in [0.717, 1.165) is 12.8 Å². The SMILES string of the molecule is CC(C)(C)OC(=O)N(OCCOCCOCCOCCOCCOCCCC(=O)[C@@H](N)CCCCN)C(=O)OC(C)(C)C. The van der Waals surface area contributed by atoms with E-state index in [1.165, 1.54) is 0 Å². The maximum atomic E-state index is 12.3. The summed E-state index contributed by atoms with van der Waals surface area (Å²) in [7, 11) is 0. The summed E-state index contributed by atoms with van der Waals surface area (Å²) in [6, 6.07) is -0.405. The largest absolute Gasteiger partial charge is 0.444 e. The summed E-state index contributed by atoms with van der Waals surface area (Å²) in [5.74, 6) is 0.0699. The maximum absolute atomic E-state index is 12.3. The molecule has 0 aliphatic heterocycles. The second kappa shape index (κ2) is 24.4. The number of hydroxylamine groups is 2.